The van der Waals surface area contributed by atoms with Gasteiger partial charge < -0.3 is 89.9 Å². The number of amides is 1. The van der Waals surface area contributed by atoms with E-state index >= 15 is 0 Å². The molecule has 3 heterocycles. The minimum atomic E-state index is -1.97. The molecule has 400 valence electrons. The first-order valence-electron chi connectivity index (χ1n) is 25.9. The molecule has 17 unspecified atom stereocenters. The molecule has 0 radical (unpaired) electrons. The van der Waals surface area contributed by atoms with E-state index in [1.807, 2.05) is 13.0 Å². The number of ether oxygens (including phenoxy) is 6. The van der Waals surface area contributed by atoms with Gasteiger partial charge in [-0.3, -0.25) is 4.79 Å². The Morgan fingerprint density at radius 3 is 1.35 bits per heavy atom. The fourth-order valence-corrected chi connectivity index (χ4v) is 9.00. The van der Waals surface area contributed by atoms with Crippen LogP contribution in [0.4, 0.5) is 0 Å². The summed E-state index contributed by atoms with van der Waals surface area (Å²) in [5.41, 5.74) is 0. The number of aliphatic hydroxyl groups is 11. The van der Waals surface area contributed by atoms with E-state index in [0.29, 0.717) is 6.42 Å². The van der Waals surface area contributed by atoms with Crippen LogP contribution in [0.1, 0.15) is 162 Å². The molecular formula is C49H91NO18. The zero-order valence-corrected chi connectivity index (χ0v) is 40.8. The largest absolute Gasteiger partial charge is 0.394 e. The number of hydrogen-bond donors (Lipinski definition) is 12. The van der Waals surface area contributed by atoms with Crippen molar-refractivity contribution < 1.29 is 89.4 Å². The lowest BCUT2D eigenvalue weighted by Gasteiger charge is -2.48. The second-order valence-corrected chi connectivity index (χ2v) is 19.0. The highest BCUT2D eigenvalue weighted by Gasteiger charge is 2.53. The zero-order valence-electron chi connectivity index (χ0n) is 40.8. The lowest BCUT2D eigenvalue weighted by atomic mass is 9.96. The number of unbranched alkanes of at least 4 members (excludes halogenated alkanes) is 20. The molecule has 3 rings (SSSR count). The average molecular weight is 982 g/mol. The first-order chi connectivity index (χ1) is 32.8. The third kappa shape index (κ3) is 20.6. The Morgan fingerprint density at radius 1 is 0.515 bits per heavy atom. The Morgan fingerprint density at radius 2 is 0.912 bits per heavy atom. The van der Waals surface area contributed by atoms with Gasteiger partial charge in [0, 0.05) is 6.42 Å². The van der Waals surface area contributed by atoms with Gasteiger partial charge in [-0.15, -0.1) is 0 Å². The van der Waals surface area contributed by atoms with Crippen LogP contribution in [0.3, 0.4) is 0 Å². The highest BCUT2D eigenvalue weighted by Crippen LogP contribution is 2.33. The summed E-state index contributed by atoms with van der Waals surface area (Å²) in [6.07, 6.45) is 4.28. The molecule has 3 aliphatic rings. The summed E-state index contributed by atoms with van der Waals surface area (Å²) in [7, 11) is 0. The summed E-state index contributed by atoms with van der Waals surface area (Å²) in [4.78, 5) is 12.6. The maximum absolute atomic E-state index is 12.6. The van der Waals surface area contributed by atoms with Crippen LogP contribution in [0.15, 0.2) is 12.2 Å². The summed E-state index contributed by atoms with van der Waals surface area (Å²) in [5, 5.41) is 119. The molecule has 0 aliphatic carbocycles. The Kier molecular flexibility index (Phi) is 31.1. The lowest BCUT2D eigenvalue weighted by molar-refractivity contribution is -0.379. The third-order valence-corrected chi connectivity index (χ3v) is 13.3. The number of aliphatic hydroxyl groups excluding tert-OH is 11. The van der Waals surface area contributed by atoms with E-state index in [4.69, 9.17) is 28.4 Å². The minimum Gasteiger partial charge on any atom is -0.394 e. The molecule has 3 fully saturated rings. The normalized spacial score (nSPS) is 33.2. The van der Waals surface area contributed by atoms with Crippen molar-refractivity contribution in [3.63, 3.8) is 0 Å². The maximum Gasteiger partial charge on any atom is 0.220 e. The molecule has 68 heavy (non-hydrogen) atoms. The zero-order chi connectivity index (χ0) is 49.8. The number of carbonyl (C=O) groups excluding carboxylic acids is 1. The van der Waals surface area contributed by atoms with E-state index in [2.05, 4.69) is 12.2 Å². The summed E-state index contributed by atoms with van der Waals surface area (Å²) >= 11 is 0. The molecule has 19 heteroatoms. The van der Waals surface area contributed by atoms with Crippen LogP contribution < -0.4 is 5.32 Å². The minimum absolute atomic E-state index is 0.195. The SMILES string of the molecule is CCCCCCCCCCCCCCCCCCCCCC/C=C/C(O)C(COC1OC(CO)C(OC2OC(CO)C(OC3OC(CO)C(O)C(O)C3O)C(O)C2O)C(O)C1O)NC(=O)CCC. The molecular weight excluding hydrogens is 891 g/mol. The number of nitrogens with one attached hydrogen (secondary N) is 1. The van der Waals surface area contributed by atoms with Gasteiger partial charge in [0.05, 0.1) is 38.6 Å². The van der Waals surface area contributed by atoms with Crippen molar-refractivity contribution in [2.75, 3.05) is 26.4 Å². The molecule has 0 aromatic rings. The predicted molar refractivity (Wildman–Crippen MR) is 250 cm³/mol. The van der Waals surface area contributed by atoms with Crippen LogP contribution in [0.2, 0.25) is 0 Å². The molecule has 3 saturated heterocycles. The Bertz CT molecular complexity index is 1310. The molecule has 0 spiro atoms. The van der Waals surface area contributed by atoms with E-state index in [-0.39, 0.29) is 18.9 Å². The van der Waals surface area contributed by atoms with Gasteiger partial charge in [0.2, 0.25) is 5.91 Å². The molecule has 3 aliphatic heterocycles. The van der Waals surface area contributed by atoms with Crippen molar-refractivity contribution >= 4 is 5.91 Å². The van der Waals surface area contributed by atoms with Gasteiger partial charge >= 0.3 is 0 Å². The van der Waals surface area contributed by atoms with Crippen molar-refractivity contribution in [1.29, 1.82) is 0 Å². The molecule has 12 N–H and O–H groups in total. The molecule has 0 saturated carbocycles. The van der Waals surface area contributed by atoms with Gasteiger partial charge in [-0.1, -0.05) is 148 Å². The topological polar surface area (TPSA) is 307 Å². The monoisotopic (exact) mass is 982 g/mol. The van der Waals surface area contributed by atoms with Gasteiger partial charge in [0.15, 0.2) is 18.9 Å². The first kappa shape index (κ1) is 60.8. The second kappa shape index (κ2) is 34.8. The highest BCUT2D eigenvalue weighted by molar-refractivity contribution is 5.76. The van der Waals surface area contributed by atoms with Gasteiger partial charge in [-0.25, -0.2) is 0 Å². The van der Waals surface area contributed by atoms with Crippen LogP contribution >= 0.6 is 0 Å². The number of carbonyl (C=O) groups is 1. The van der Waals surface area contributed by atoms with Crippen LogP contribution in [-0.2, 0) is 33.2 Å². The van der Waals surface area contributed by atoms with Crippen LogP contribution in [0.25, 0.3) is 0 Å². The maximum atomic E-state index is 12.6. The van der Waals surface area contributed by atoms with Crippen LogP contribution in [0.5, 0.6) is 0 Å². The lowest BCUT2D eigenvalue weighted by Crippen LogP contribution is -2.66. The summed E-state index contributed by atoms with van der Waals surface area (Å²) in [6.45, 7) is 1.33. The van der Waals surface area contributed by atoms with Gasteiger partial charge in [0.25, 0.3) is 0 Å². The van der Waals surface area contributed by atoms with E-state index < -0.39 is 124 Å². The fourth-order valence-electron chi connectivity index (χ4n) is 9.00. The quantitative estimate of drug-likeness (QED) is 0.0315. The van der Waals surface area contributed by atoms with Crippen LogP contribution in [-0.4, -0.2) is 193 Å². The van der Waals surface area contributed by atoms with Crippen molar-refractivity contribution in [3.8, 4) is 0 Å². The first-order valence-corrected chi connectivity index (χ1v) is 25.9. The van der Waals surface area contributed by atoms with Crippen molar-refractivity contribution in [2.45, 2.75) is 266 Å². The molecule has 17 atom stereocenters. The number of allylic oxidation sites excluding steroid dienone is 1. The Hall–Kier alpha value is -1.47. The van der Waals surface area contributed by atoms with Crippen molar-refractivity contribution in [3.05, 3.63) is 12.2 Å². The Labute approximate surface area is 404 Å². The molecule has 0 aromatic heterocycles. The number of rotatable bonds is 36. The predicted octanol–water partition coefficient (Wildman–Crippen LogP) is 1.87. The van der Waals surface area contributed by atoms with E-state index in [1.54, 1.807) is 6.08 Å². The van der Waals surface area contributed by atoms with E-state index in [1.165, 1.54) is 109 Å². The molecule has 0 bridgehead atoms. The second-order valence-electron chi connectivity index (χ2n) is 19.0. The smallest absolute Gasteiger partial charge is 0.220 e. The Balaban J connectivity index is 1.39. The standard InChI is InChI=1S/C49H91NO18/c1-3-5-6-7-8-9-10-11-12-13-14-15-16-17-18-19-20-21-22-23-24-25-27-33(54)32(50-37(55)26-4-2)31-63-47-43(61)40(58)45(35(29-52)65-47)68-49-44(62)41(59)46(36(30-53)66-49)67-48-42(60)39(57)38(56)34(28-51)64-48/h25,27,32-36,38-49,51-54,56-62H,3-24,26,28-31H2,1-2H3,(H,50,55)/b27-25+. The summed E-state index contributed by atoms with van der Waals surface area (Å²) in [5.74, 6) is -0.329. The number of hydrogen-bond acceptors (Lipinski definition) is 18. The summed E-state index contributed by atoms with van der Waals surface area (Å²) < 4.78 is 33.8. The molecule has 1 amide bonds. The van der Waals surface area contributed by atoms with Gasteiger partial charge in [-0.05, 0) is 19.3 Å². The van der Waals surface area contributed by atoms with Crippen LogP contribution in [0, 0.1) is 0 Å². The third-order valence-electron chi connectivity index (χ3n) is 13.3. The van der Waals surface area contributed by atoms with Gasteiger partial charge in [-0.2, -0.15) is 0 Å². The van der Waals surface area contributed by atoms with Crippen molar-refractivity contribution in [1.82, 2.24) is 5.32 Å². The average Bonchev–Trinajstić information content (AvgIpc) is 3.33. The highest BCUT2D eigenvalue weighted by atomic mass is 16.8. The van der Waals surface area contributed by atoms with E-state index in [9.17, 15) is 61.0 Å². The van der Waals surface area contributed by atoms with E-state index in [0.717, 1.165) is 25.7 Å². The van der Waals surface area contributed by atoms with Crippen molar-refractivity contribution in [2.24, 2.45) is 0 Å². The molecule has 19 nitrogen and oxygen atoms in total. The molecule has 0 aromatic carbocycles. The summed E-state index contributed by atoms with van der Waals surface area (Å²) in [6, 6.07) is -0.962. The van der Waals surface area contributed by atoms with Gasteiger partial charge in [0.1, 0.15) is 73.2 Å². The fraction of sp³-hybridized carbons (Fsp3) is 0.939.